The van der Waals surface area contributed by atoms with Crippen LogP contribution in [0.1, 0.15) is 36.3 Å². The van der Waals surface area contributed by atoms with E-state index >= 15 is 0 Å². The molecule has 0 aliphatic carbocycles. The highest BCUT2D eigenvalue weighted by Crippen LogP contribution is 2.38. The number of amides is 2. The monoisotopic (exact) mass is 443 g/mol. The van der Waals surface area contributed by atoms with E-state index in [0.29, 0.717) is 44.1 Å². The molecule has 2 amide bonds. The number of rotatable bonds is 7. The molecule has 0 radical (unpaired) electrons. The van der Waals surface area contributed by atoms with Crippen LogP contribution in [0.25, 0.3) is 11.1 Å². The molecule has 1 N–H and O–H groups in total. The van der Waals surface area contributed by atoms with Crippen molar-refractivity contribution in [2.24, 2.45) is 11.3 Å². The van der Waals surface area contributed by atoms with Crippen LogP contribution in [-0.2, 0) is 11.2 Å². The number of nitrogens with zero attached hydrogens (tertiary/aromatic N) is 4. The summed E-state index contributed by atoms with van der Waals surface area (Å²) in [5.74, 6) is 0.146. The van der Waals surface area contributed by atoms with E-state index in [0.717, 1.165) is 16.7 Å². The van der Waals surface area contributed by atoms with E-state index in [2.05, 4.69) is 46.2 Å². The number of carbonyl (C=O) groups excluding carboxylic acids is 2. The van der Waals surface area contributed by atoms with Crippen molar-refractivity contribution in [3.05, 3.63) is 78.6 Å². The zero-order valence-electron chi connectivity index (χ0n) is 19.1. The molecule has 2 aromatic heterocycles. The van der Waals surface area contributed by atoms with Crippen LogP contribution < -0.4 is 5.32 Å². The van der Waals surface area contributed by atoms with Gasteiger partial charge in [0, 0.05) is 44.4 Å². The van der Waals surface area contributed by atoms with Gasteiger partial charge >= 0.3 is 0 Å². The number of pyridine rings is 1. The summed E-state index contributed by atoms with van der Waals surface area (Å²) in [5, 5.41) is 3.13. The van der Waals surface area contributed by atoms with Crippen LogP contribution in [0.4, 0.5) is 0 Å². The highest BCUT2D eigenvalue weighted by molar-refractivity contribution is 5.93. The number of aromatic nitrogens is 3. The maximum atomic E-state index is 13.5. The fourth-order valence-corrected chi connectivity index (χ4v) is 4.36. The lowest BCUT2D eigenvalue weighted by atomic mass is 9.78. The first kappa shape index (κ1) is 22.6. The number of likely N-dealkylation sites (tertiary alicyclic amines) is 1. The van der Waals surface area contributed by atoms with Crippen LogP contribution in [0.15, 0.2) is 67.4 Å². The molecule has 3 aromatic rings. The second kappa shape index (κ2) is 9.90. The van der Waals surface area contributed by atoms with Gasteiger partial charge in [-0.2, -0.15) is 0 Å². The average molecular weight is 444 g/mol. The number of hydrogen-bond donors (Lipinski definition) is 1. The van der Waals surface area contributed by atoms with Crippen molar-refractivity contribution in [3.63, 3.8) is 0 Å². The van der Waals surface area contributed by atoms with Crippen LogP contribution in [0, 0.1) is 11.3 Å². The molecule has 0 saturated carbocycles. The molecule has 3 heterocycles. The maximum Gasteiger partial charge on any atom is 0.274 e. The third-order valence-corrected chi connectivity index (χ3v) is 6.11. The summed E-state index contributed by atoms with van der Waals surface area (Å²) in [6.07, 6.45) is 9.20. The SMILES string of the molecule is CC(C)CNC(=O)[C@@]1(Cc2ccccc2-c2ccncc2)CCN(C(=O)c2cnccn2)C1. The van der Waals surface area contributed by atoms with Crippen LogP contribution >= 0.6 is 0 Å². The Morgan fingerprint density at radius 1 is 1.06 bits per heavy atom. The number of benzene rings is 1. The molecule has 4 rings (SSSR count). The third-order valence-electron chi connectivity index (χ3n) is 6.11. The van der Waals surface area contributed by atoms with Crippen molar-refractivity contribution >= 4 is 11.8 Å². The molecule has 7 heteroatoms. The van der Waals surface area contributed by atoms with Crippen molar-refractivity contribution < 1.29 is 9.59 Å². The molecule has 0 spiro atoms. The highest BCUT2D eigenvalue weighted by Gasteiger charge is 2.46. The van der Waals surface area contributed by atoms with Crippen molar-refractivity contribution in [1.29, 1.82) is 0 Å². The lowest BCUT2D eigenvalue weighted by molar-refractivity contribution is -0.130. The van der Waals surface area contributed by atoms with Gasteiger partial charge in [0.25, 0.3) is 5.91 Å². The largest absolute Gasteiger partial charge is 0.355 e. The second-order valence-electron chi connectivity index (χ2n) is 9.02. The quantitative estimate of drug-likeness (QED) is 0.605. The Kier molecular flexibility index (Phi) is 6.77. The Morgan fingerprint density at radius 3 is 2.58 bits per heavy atom. The first-order valence-corrected chi connectivity index (χ1v) is 11.3. The van der Waals surface area contributed by atoms with Crippen LogP contribution in [0.2, 0.25) is 0 Å². The van der Waals surface area contributed by atoms with Crippen LogP contribution in [-0.4, -0.2) is 51.3 Å². The van der Waals surface area contributed by atoms with Gasteiger partial charge < -0.3 is 10.2 Å². The molecule has 1 aliphatic rings. The molecule has 7 nitrogen and oxygen atoms in total. The maximum absolute atomic E-state index is 13.5. The fraction of sp³-hybridized carbons (Fsp3) is 0.346. The topological polar surface area (TPSA) is 88.1 Å². The highest BCUT2D eigenvalue weighted by atomic mass is 16.2. The van der Waals surface area contributed by atoms with E-state index in [1.807, 2.05) is 24.3 Å². The Balaban J connectivity index is 1.65. The zero-order chi connectivity index (χ0) is 23.3. The Bertz CT molecular complexity index is 1100. The van der Waals surface area contributed by atoms with Crippen molar-refractivity contribution in [2.45, 2.75) is 26.7 Å². The van der Waals surface area contributed by atoms with Gasteiger partial charge in [-0.1, -0.05) is 38.1 Å². The van der Waals surface area contributed by atoms with E-state index in [1.54, 1.807) is 23.5 Å². The third kappa shape index (κ3) is 5.08. The second-order valence-corrected chi connectivity index (χ2v) is 9.02. The molecule has 0 bridgehead atoms. The summed E-state index contributed by atoms with van der Waals surface area (Å²) in [5.41, 5.74) is 2.80. The van der Waals surface area contributed by atoms with Crippen LogP contribution in [0.3, 0.4) is 0 Å². The van der Waals surface area contributed by atoms with Gasteiger partial charge in [0.2, 0.25) is 5.91 Å². The van der Waals surface area contributed by atoms with Gasteiger partial charge in [0.05, 0.1) is 11.6 Å². The van der Waals surface area contributed by atoms with E-state index < -0.39 is 5.41 Å². The lowest BCUT2D eigenvalue weighted by Gasteiger charge is -2.29. The molecule has 1 fully saturated rings. The smallest absolute Gasteiger partial charge is 0.274 e. The normalized spacial score (nSPS) is 17.8. The van der Waals surface area contributed by atoms with E-state index in [4.69, 9.17) is 0 Å². The van der Waals surface area contributed by atoms with Gasteiger partial charge in [-0.15, -0.1) is 0 Å². The number of nitrogens with one attached hydrogen (secondary N) is 1. The van der Waals surface area contributed by atoms with Gasteiger partial charge in [0.15, 0.2) is 0 Å². The van der Waals surface area contributed by atoms with E-state index in [-0.39, 0.29) is 11.8 Å². The summed E-state index contributed by atoms with van der Waals surface area (Å²) in [7, 11) is 0. The van der Waals surface area contributed by atoms with Gasteiger partial charge in [-0.3, -0.25) is 19.6 Å². The van der Waals surface area contributed by atoms with Crippen molar-refractivity contribution in [1.82, 2.24) is 25.2 Å². The fourth-order valence-electron chi connectivity index (χ4n) is 4.36. The first-order chi connectivity index (χ1) is 16.0. The average Bonchev–Trinajstić information content (AvgIpc) is 3.28. The molecular formula is C26H29N5O2. The van der Waals surface area contributed by atoms with E-state index in [9.17, 15) is 9.59 Å². The minimum absolute atomic E-state index is 0.00447. The van der Waals surface area contributed by atoms with Crippen LogP contribution in [0.5, 0.6) is 0 Å². The zero-order valence-corrected chi connectivity index (χ0v) is 19.1. The minimum Gasteiger partial charge on any atom is -0.355 e. The molecule has 1 aliphatic heterocycles. The molecule has 170 valence electrons. The summed E-state index contributed by atoms with van der Waals surface area (Å²) in [4.78, 5) is 40.6. The molecule has 33 heavy (non-hydrogen) atoms. The lowest BCUT2D eigenvalue weighted by Crippen LogP contribution is -2.46. The summed E-state index contributed by atoms with van der Waals surface area (Å²) < 4.78 is 0. The summed E-state index contributed by atoms with van der Waals surface area (Å²) >= 11 is 0. The Morgan fingerprint density at radius 2 is 1.85 bits per heavy atom. The Labute approximate surface area is 194 Å². The first-order valence-electron chi connectivity index (χ1n) is 11.3. The van der Waals surface area contributed by atoms with Gasteiger partial charge in [-0.05, 0) is 47.6 Å². The predicted molar refractivity (Wildman–Crippen MR) is 126 cm³/mol. The van der Waals surface area contributed by atoms with E-state index in [1.165, 1.54) is 12.4 Å². The van der Waals surface area contributed by atoms with Crippen molar-refractivity contribution in [2.75, 3.05) is 19.6 Å². The molecular weight excluding hydrogens is 414 g/mol. The Hall–Kier alpha value is -3.61. The number of carbonyl (C=O) groups is 2. The summed E-state index contributed by atoms with van der Waals surface area (Å²) in [6, 6.07) is 12.1. The predicted octanol–water partition coefficient (Wildman–Crippen LogP) is 3.39. The molecule has 0 unspecified atom stereocenters. The minimum atomic E-state index is -0.712. The molecule has 1 aromatic carbocycles. The number of hydrogen-bond acceptors (Lipinski definition) is 5. The molecule has 1 saturated heterocycles. The standard InChI is InChI=1S/C26H29N5O2/c1-19(2)16-30-25(33)26(9-14-31(18-26)24(32)23-17-28-12-13-29-23)15-21-5-3-4-6-22(21)20-7-10-27-11-8-20/h3-8,10-13,17,19H,9,14-16,18H2,1-2H3,(H,30,33)/t26-/m1/s1. The molecule has 1 atom stereocenters. The van der Waals surface area contributed by atoms with Gasteiger partial charge in [0.1, 0.15) is 5.69 Å². The summed E-state index contributed by atoms with van der Waals surface area (Å²) in [6.45, 7) is 5.60. The van der Waals surface area contributed by atoms with Gasteiger partial charge in [-0.25, -0.2) is 4.98 Å². The van der Waals surface area contributed by atoms with Crippen molar-refractivity contribution in [3.8, 4) is 11.1 Å².